The van der Waals surface area contributed by atoms with Gasteiger partial charge in [-0.05, 0) is 43.2 Å². The molecule has 1 aromatic carbocycles. The summed E-state index contributed by atoms with van der Waals surface area (Å²) in [6.45, 7) is 2.06. The van der Waals surface area contributed by atoms with E-state index < -0.39 is 0 Å². The molecule has 0 aliphatic heterocycles. The molecule has 0 spiro atoms. The van der Waals surface area contributed by atoms with Crippen LogP contribution >= 0.6 is 0 Å². The second-order valence-electron chi connectivity index (χ2n) is 5.84. The van der Waals surface area contributed by atoms with Crippen molar-refractivity contribution >= 4 is 11.7 Å². The molecule has 5 heteroatoms. The first-order valence-corrected chi connectivity index (χ1v) is 8.15. The summed E-state index contributed by atoms with van der Waals surface area (Å²) in [5.74, 6) is 0. The van der Waals surface area contributed by atoms with Gasteiger partial charge in [0.25, 0.3) is 0 Å². The first kappa shape index (κ1) is 16.6. The summed E-state index contributed by atoms with van der Waals surface area (Å²) in [6.07, 6.45) is 5.67. The number of rotatable bonds is 5. The monoisotopic (exact) mass is 332 g/mol. The van der Waals surface area contributed by atoms with E-state index >= 15 is 0 Å². The molecule has 0 bridgehead atoms. The number of urea groups is 1. The van der Waals surface area contributed by atoms with E-state index in [-0.39, 0.29) is 12.1 Å². The summed E-state index contributed by atoms with van der Waals surface area (Å²) in [6, 6.07) is 17.1. The summed E-state index contributed by atoms with van der Waals surface area (Å²) in [4.78, 5) is 20.8. The third kappa shape index (κ3) is 4.88. The van der Waals surface area contributed by atoms with Gasteiger partial charge in [-0.1, -0.05) is 35.9 Å². The minimum Gasteiger partial charge on any atom is -0.329 e. The van der Waals surface area contributed by atoms with Crippen molar-refractivity contribution in [3.8, 4) is 0 Å². The van der Waals surface area contributed by atoms with E-state index in [1.54, 1.807) is 30.7 Å². The summed E-state index contributed by atoms with van der Waals surface area (Å²) >= 11 is 0. The first-order chi connectivity index (χ1) is 12.2. The molecule has 3 rings (SSSR count). The Morgan fingerprint density at radius 2 is 1.88 bits per heavy atom. The van der Waals surface area contributed by atoms with Crippen LogP contribution in [0.3, 0.4) is 0 Å². The maximum Gasteiger partial charge on any atom is 0.319 e. The van der Waals surface area contributed by atoms with E-state index in [9.17, 15) is 4.79 Å². The Morgan fingerprint density at radius 1 is 1.04 bits per heavy atom. The molecular formula is C20H20N4O. The predicted octanol–water partition coefficient (Wildman–Crippen LogP) is 3.89. The molecule has 2 amide bonds. The van der Waals surface area contributed by atoms with Crippen molar-refractivity contribution < 1.29 is 4.79 Å². The van der Waals surface area contributed by atoms with Crippen LogP contribution in [0, 0.1) is 6.92 Å². The van der Waals surface area contributed by atoms with E-state index in [1.165, 1.54) is 5.56 Å². The quantitative estimate of drug-likeness (QED) is 0.745. The van der Waals surface area contributed by atoms with Crippen LogP contribution in [-0.2, 0) is 6.42 Å². The summed E-state index contributed by atoms with van der Waals surface area (Å²) < 4.78 is 0. The van der Waals surface area contributed by atoms with Crippen molar-refractivity contribution in [3.05, 3.63) is 90.0 Å². The molecule has 3 aromatic rings. The SMILES string of the molecule is Cc1ccc(CC(NC(=O)Nc2cccnc2)c2ccccn2)cc1. The molecule has 2 aromatic heterocycles. The van der Waals surface area contributed by atoms with Crippen molar-refractivity contribution in [1.82, 2.24) is 15.3 Å². The Hall–Kier alpha value is -3.21. The van der Waals surface area contributed by atoms with E-state index in [0.717, 1.165) is 11.3 Å². The van der Waals surface area contributed by atoms with Crippen LogP contribution < -0.4 is 10.6 Å². The number of aromatic nitrogens is 2. The van der Waals surface area contributed by atoms with E-state index in [1.807, 2.05) is 18.2 Å². The normalized spacial score (nSPS) is 11.6. The van der Waals surface area contributed by atoms with Gasteiger partial charge in [0.15, 0.2) is 0 Å². The topological polar surface area (TPSA) is 66.9 Å². The lowest BCUT2D eigenvalue weighted by Crippen LogP contribution is -2.34. The lowest BCUT2D eigenvalue weighted by molar-refractivity contribution is 0.248. The van der Waals surface area contributed by atoms with Gasteiger partial charge in [0.05, 0.1) is 23.6 Å². The number of nitrogens with zero attached hydrogens (tertiary/aromatic N) is 2. The van der Waals surface area contributed by atoms with Crippen LogP contribution in [0.1, 0.15) is 22.9 Å². The fraction of sp³-hybridized carbons (Fsp3) is 0.150. The average molecular weight is 332 g/mol. The Kier molecular flexibility index (Phi) is 5.36. The van der Waals surface area contributed by atoms with Gasteiger partial charge >= 0.3 is 6.03 Å². The third-order valence-corrected chi connectivity index (χ3v) is 3.83. The van der Waals surface area contributed by atoms with Crippen molar-refractivity contribution in [3.63, 3.8) is 0 Å². The molecule has 0 aliphatic rings. The molecule has 2 N–H and O–H groups in total. The number of amides is 2. The number of carbonyl (C=O) groups excluding carboxylic acids is 1. The maximum absolute atomic E-state index is 12.4. The maximum atomic E-state index is 12.4. The van der Waals surface area contributed by atoms with Gasteiger partial charge in [-0.15, -0.1) is 0 Å². The highest BCUT2D eigenvalue weighted by atomic mass is 16.2. The molecule has 0 fully saturated rings. The van der Waals surface area contributed by atoms with Crippen LogP contribution in [0.15, 0.2) is 73.2 Å². The number of carbonyl (C=O) groups is 1. The Balaban J connectivity index is 1.74. The van der Waals surface area contributed by atoms with Gasteiger partial charge in [0.1, 0.15) is 0 Å². The molecule has 5 nitrogen and oxygen atoms in total. The van der Waals surface area contributed by atoms with Crippen molar-refractivity contribution in [2.24, 2.45) is 0 Å². The number of pyridine rings is 2. The number of benzene rings is 1. The molecule has 0 radical (unpaired) electrons. The van der Waals surface area contributed by atoms with Gasteiger partial charge in [0, 0.05) is 12.4 Å². The molecule has 1 unspecified atom stereocenters. The number of anilines is 1. The average Bonchev–Trinajstić information content (AvgIpc) is 2.64. The summed E-state index contributed by atoms with van der Waals surface area (Å²) in [7, 11) is 0. The minimum atomic E-state index is -0.282. The van der Waals surface area contributed by atoms with Crippen molar-refractivity contribution in [2.75, 3.05) is 5.32 Å². The standard InChI is InChI=1S/C20H20N4O/c1-15-7-9-16(10-8-15)13-19(18-6-2-3-12-22-18)24-20(25)23-17-5-4-11-21-14-17/h2-12,14,19H,13H2,1H3,(H2,23,24,25). The van der Waals surface area contributed by atoms with Crippen LogP contribution in [-0.4, -0.2) is 16.0 Å². The van der Waals surface area contributed by atoms with Gasteiger partial charge in [-0.25, -0.2) is 4.79 Å². The molecule has 2 heterocycles. The first-order valence-electron chi connectivity index (χ1n) is 8.15. The zero-order valence-electron chi connectivity index (χ0n) is 14.0. The second-order valence-corrected chi connectivity index (χ2v) is 5.84. The minimum absolute atomic E-state index is 0.222. The molecule has 0 saturated carbocycles. The van der Waals surface area contributed by atoms with Crippen LogP contribution in [0.5, 0.6) is 0 Å². The van der Waals surface area contributed by atoms with Gasteiger partial charge in [0.2, 0.25) is 0 Å². The fourth-order valence-electron chi connectivity index (χ4n) is 2.53. The molecule has 25 heavy (non-hydrogen) atoms. The highest BCUT2D eigenvalue weighted by molar-refractivity contribution is 5.89. The Bertz CT molecular complexity index is 804. The van der Waals surface area contributed by atoms with Gasteiger partial charge in [-0.2, -0.15) is 0 Å². The summed E-state index contributed by atoms with van der Waals surface area (Å²) in [5, 5.41) is 5.80. The van der Waals surface area contributed by atoms with E-state index in [0.29, 0.717) is 12.1 Å². The lowest BCUT2D eigenvalue weighted by Gasteiger charge is -2.19. The van der Waals surface area contributed by atoms with Crippen molar-refractivity contribution in [2.45, 2.75) is 19.4 Å². The van der Waals surface area contributed by atoms with Crippen LogP contribution in [0.25, 0.3) is 0 Å². The lowest BCUT2D eigenvalue weighted by atomic mass is 10.0. The largest absolute Gasteiger partial charge is 0.329 e. The zero-order chi connectivity index (χ0) is 17.5. The number of hydrogen-bond acceptors (Lipinski definition) is 3. The number of aryl methyl sites for hydroxylation is 1. The molecule has 0 saturated heterocycles. The van der Waals surface area contributed by atoms with Gasteiger partial charge < -0.3 is 10.6 Å². The molecular weight excluding hydrogens is 312 g/mol. The van der Waals surface area contributed by atoms with E-state index in [2.05, 4.69) is 51.8 Å². The van der Waals surface area contributed by atoms with Gasteiger partial charge in [-0.3, -0.25) is 9.97 Å². The molecule has 0 aliphatic carbocycles. The third-order valence-electron chi connectivity index (χ3n) is 3.83. The number of hydrogen-bond donors (Lipinski definition) is 2. The molecule has 126 valence electrons. The predicted molar refractivity (Wildman–Crippen MR) is 98.3 cm³/mol. The van der Waals surface area contributed by atoms with Crippen LogP contribution in [0.2, 0.25) is 0 Å². The Labute approximate surface area is 147 Å². The summed E-state index contributed by atoms with van der Waals surface area (Å²) in [5.41, 5.74) is 3.82. The van der Waals surface area contributed by atoms with Crippen molar-refractivity contribution in [1.29, 1.82) is 0 Å². The Morgan fingerprint density at radius 3 is 2.56 bits per heavy atom. The number of nitrogens with one attached hydrogen (secondary N) is 2. The van der Waals surface area contributed by atoms with E-state index in [4.69, 9.17) is 0 Å². The zero-order valence-corrected chi connectivity index (χ0v) is 14.0. The smallest absolute Gasteiger partial charge is 0.319 e. The highest BCUT2D eigenvalue weighted by Crippen LogP contribution is 2.17. The second kappa shape index (κ2) is 8.06. The highest BCUT2D eigenvalue weighted by Gasteiger charge is 2.16. The fourth-order valence-corrected chi connectivity index (χ4v) is 2.53. The van der Waals surface area contributed by atoms with Crippen LogP contribution in [0.4, 0.5) is 10.5 Å². The molecule has 1 atom stereocenters.